The highest BCUT2D eigenvalue weighted by Crippen LogP contribution is 2.29. The van der Waals surface area contributed by atoms with E-state index in [1.165, 1.54) is 5.69 Å². The third-order valence-corrected chi connectivity index (χ3v) is 3.24. The van der Waals surface area contributed by atoms with Gasteiger partial charge in [0.25, 0.3) is 0 Å². The lowest BCUT2D eigenvalue weighted by Crippen LogP contribution is -2.43. The number of piperazine rings is 1. The van der Waals surface area contributed by atoms with Crippen molar-refractivity contribution in [1.29, 1.82) is 0 Å². The molecule has 4 heteroatoms. The predicted molar refractivity (Wildman–Crippen MR) is 65.8 cm³/mol. The molecule has 1 saturated heterocycles. The molecule has 0 atom stereocenters. The fourth-order valence-electron chi connectivity index (χ4n) is 1.78. The first kappa shape index (κ1) is 10.8. The molecule has 0 unspecified atom stereocenters. The van der Waals surface area contributed by atoms with Gasteiger partial charge in [-0.25, -0.2) is 0 Å². The summed E-state index contributed by atoms with van der Waals surface area (Å²) in [7, 11) is 1.69. The average molecular weight is 271 g/mol. The molecule has 0 bridgehead atoms. The first-order valence-corrected chi connectivity index (χ1v) is 5.90. The summed E-state index contributed by atoms with van der Waals surface area (Å²) in [5.41, 5.74) is 1.25. The molecular weight excluding hydrogens is 256 g/mol. The number of benzene rings is 1. The van der Waals surface area contributed by atoms with Crippen LogP contribution in [0.2, 0.25) is 0 Å². The van der Waals surface area contributed by atoms with Gasteiger partial charge in [-0.15, -0.1) is 0 Å². The monoisotopic (exact) mass is 270 g/mol. The van der Waals surface area contributed by atoms with E-state index in [2.05, 4.69) is 38.3 Å². The van der Waals surface area contributed by atoms with Gasteiger partial charge in [0.05, 0.1) is 11.6 Å². The fraction of sp³-hybridized carbons (Fsp3) is 0.455. The Labute approximate surface area is 98.5 Å². The van der Waals surface area contributed by atoms with Crippen LogP contribution < -0.4 is 15.0 Å². The van der Waals surface area contributed by atoms with E-state index in [1.807, 2.05) is 6.07 Å². The number of nitrogens with zero attached hydrogens (tertiary/aromatic N) is 1. The summed E-state index contributed by atoms with van der Waals surface area (Å²) in [6.45, 7) is 4.25. The van der Waals surface area contributed by atoms with E-state index in [0.29, 0.717) is 0 Å². The number of anilines is 1. The minimum Gasteiger partial charge on any atom is -0.496 e. The maximum absolute atomic E-state index is 5.21. The van der Waals surface area contributed by atoms with Gasteiger partial charge in [0.15, 0.2) is 0 Å². The maximum Gasteiger partial charge on any atom is 0.133 e. The van der Waals surface area contributed by atoms with Crippen molar-refractivity contribution in [3.63, 3.8) is 0 Å². The molecule has 1 aliphatic heterocycles. The van der Waals surface area contributed by atoms with Gasteiger partial charge >= 0.3 is 0 Å². The summed E-state index contributed by atoms with van der Waals surface area (Å²) < 4.78 is 6.22. The third-order valence-electron chi connectivity index (χ3n) is 2.62. The minimum absolute atomic E-state index is 0.883. The van der Waals surface area contributed by atoms with Crippen LogP contribution in [-0.4, -0.2) is 33.3 Å². The number of nitrogens with one attached hydrogen (secondary N) is 1. The van der Waals surface area contributed by atoms with Crippen LogP contribution in [0.25, 0.3) is 0 Å². The molecule has 1 aromatic carbocycles. The summed E-state index contributed by atoms with van der Waals surface area (Å²) >= 11 is 3.51. The molecule has 0 spiro atoms. The van der Waals surface area contributed by atoms with Crippen molar-refractivity contribution < 1.29 is 4.74 Å². The Balaban J connectivity index is 2.17. The summed E-state index contributed by atoms with van der Waals surface area (Å²) in [6, 6.07) is 6.22. The molecule has 2 rings (SSSR count). The van der Waals surface area contributed by atoms with Gasteiger partial charge < -0.3 is 15.0 Å². The van der Waals surface area contributed by atoms with Crippen LogP contribution in [0.4, 0.5) is 5.69 Å². The zero-order chi connectivity index (χ0) is 10.7. The smallest absolute Gasteiger partial charge is 0.133 e. The van der Waals surface area contributed by atoms with Crippen LogP contribution in [0.5, 0.6) is 5.75 Å². The third kappa shape index (κ3) is 2.44. The van der Waals surface area contributed by atoms with Gasteiger partial charge in [0.1, 0.15) is 5.75 Å². The predicted octanol–water partition coefficient (Wildman–Crippen LogP) is 1.87. The van der Waals surface area contributed by atoms with Gasteiger partial charge in [0.2, 0.25) is 0 Å². The lowest BCUT2D eigenvalue weighted by molar-refractivity contribution is 0.412. The summed E-state index contributed by atoms with van der Waals surface area (Å²) in [6.07, 6.45) is 0. The van der Waals surface area contributed by atoms with Crippen LogP contribution in [0.1, 0.15) is 0 Å². The second-order valence-corrected chi connectivity index (χ2v) is 4.41. The Kier molecular flexibility index (Phi) is 3.49. The molecule has 0 amide bonds. The number of methoxy groups -OCH3 is 1. The maximum atomic E-state index is 5.21. The van der Waals surface area contributed by atoms with Crippen molar-refractivity contribution in [2.75, 3.05) is 38.2 Å². The minimum atomic E-state index is 0.883. The molecule has 0 radical (unpaired) electrons. The molecule has 1 fully saturated rings. The number of rotatable bonds is 2. The fourth-order valence-corrected chi connectivity index (χ4v) is 2.30. The number of hydrogen-bond acceptors (Lipinski definition) is 3. The Hall–Kier alpha value is -0.740. The van der Waals surface area contributed by atoms with Gasteiger partial charge in [-0.05, 0) is 34.1 Å². The first-order valence-electron chi connectivity index (χ1n) is 5.10. The largest absolute Gasteiger partial charge is 0.496 e. The Bertz CT molecular complexity index is 337. The standard InChI is InChI=1S/C11H15BrN2O/c1-15-11-3-2-9(8-10(11)12)14-6-4-13-5-7-14/h2-3,8,13H,4-7H2,1H3. The molecule has 0 saturated carbocycles. The molecule has 1 aromatic rings. The molecule has 82 valence electrons. The highest BCUT2D eigenvalue weighted by molar-refractivity contribution is 9.10. The van der Waals surface area contributed by atoms with Gasteiger partial charge in [-0.2, -0.15) is 0 Å². The van der Waals surface area contributed by atoms with Crippen molar-refractivity contribution in [2.24, 2.45) is 0 Å². The highest BCUT2D eigenvalue weighted by atomic mass is 79.9. The lowest BCUT2D eigenvalue weighted by Gasteiger charge is -2.29. The Morgan fingerprint density at radius 3 is 2.67 bits per heavy atom. The lowest BCUT2D eigenvalue weighted by atomic mass is 10.2. The quantitative estimate of drug-likeness (QED) is 0.888. The Morgan fingerprint density at radius 1 is 1.33 bits per heavy atom. The molecule has 1 N–H and O–H groups in total. The summed E-state index contributed by atoms with van der Waals surface area (Å²) in [5.74, 6) is 0.883. The van der Waals surface area contributed by atoms with Crippen molar-refractivity contribution in [3.8, 4) is 5.75 Å². The van der Waals surface area contributed by atoms with Gasteiger partial charge in [-0.1, -0.05) is 0 Å². The highest BCUT2D eigenvalue weighted by Gasteiger charge is 2.11. The SMILES string of the molecule is COc1ccc(N2CCNCC2)cc1Br. The Morgan fingerprint density at radius 2 is 2.07 bits per heavy atom. The number of halogens is 1. The van der Waals surface area contributed by atoms with Crippen LogP contribution in [-0.2, 0) is 0 Å². The number of hydrogen-bond donors (Lipinski definition) is 1. The second-order valence-electron chi connectivity index (χ2n) is 3.56. The molecule has 0 aliphatic carbocycles. The van der Waals surface area contributed by atoms with Gasteiger partial charge in [0, 0.05) is 31.9 Å². The first-order chi connectivity index (χ1) is 7.31. The molecule has 1 heterocycles. The van der Waals surface area contributed by atoms with Crippen LogP contribution in [0.3, 0.4) is 0 Å². The van der Waals surface area contributed by atoms with E-state index < -0.39 is 0 Å². The van der Waals surface area contributed by atoms with Gasteiger partial charge in [-0.3, -0.25) is 0 Å². The normalized spacial score (nSPS) is 16.5. The van der Waals surface area contributed by atoms with Crippen molar-refractivity contribution in [1.82, 2.24) is 5.32 Å². The number of ether oxygens (including phenoxy) is 1. The van der Waals surface area contributed by atoms with E-state index in [4.69, 9.17) is 4.74 Å². The molecular formula is C11H15BrN2O. The van der Waals surface area contributed by atoms with E-state index in [-0.39, 0.29) is 0 Å². The van der Waals surface area contributed by atoms with Crippen molar-refractivity contribution in [2.45, 2.75) is 0 Å². The summed E-state index contributed by atoms with van der Waals surface area (Å²) in [5, 5.41) is 3.34. The molecule has 3 nitrogen and oxygen atoms in total. The molecule has 15 heavy (non-hydrogen) atoms. The average Bonchev–Trinajstić information content (AvgIpc) is 2.30. The second kappa shape index (κ2) is 4.86. The zero-order valence-corrected chi connectivity index (χ0v) is 10.4. The molecule has 1 aliphatic rings. The molecule has 0 aromatic heterocycles. The van der Waals surface area contributed by atoms with E-state index in [9.17, 15) is 0 Å². The van der Waals surface area contributed by atoms with E-state index >= 15 is 0 Å². The van der Waals surface area contributed by atoms with E-state index in [0.717, 1.165) is 36.4 Å². The van der Waals surface area contributed by atoms with Crippen molar-refractivity contribution >= 4 is 21.6 Å². The van der Waals surface area contributed by atoms with Crippen LogP contribution >= 0.6 is 15.9 Å². The zero-order valence-electron chi connectivity index (χ0n) is 8.79. The van der Waals surface area contributed by atoms with Crippen molar-refractivity contribution in [3.05, 3.63) is 22.7 Å². The topological polar surface area (TPSA) is 24.5 Å². The summed E-state index contributed by atoms with van der Waals surface area (Å²) in [4.78, 5) is 2.38. The van der Waals surface area contributed by atoms with E-state index in [1.54, 1.807) is 7.11 Å². The van der Waals surface area contributed by atoms with Crippen LogP contribution in [0, 0.1) is 0 Å². The van der Waals surface area contributed by atoms with Crippen LogP contribution in [0.15, 0.2) is 22.7 Å².